The number of rotatable bonds is 6. The fourth-order valence-electron chi connectivity index (χ4n) is 2.46. The highest BCUT2D eigenvalue weighted by Crippen LogP contribution is 2.18. The molecule has 0 aliphatic carbocycles. The molecule has 3 nitrogen and oxygen atoms in total. The van der Waals surface area contributed by atoms with Crippen molar-refractivity contribution in [2.24, 2.45) is 0 Å². The van der Waals surface area contributed by atoms with Crippen LogP contribution in [-0.4, -0.2) is 61.7 Å². The Balaban J connectivity index is 2.30. The molecule has 1 aliphatic heterocycles. The van der Waals surface area contributed by atoms with Crippen LogP contribution in [0.2, 0.25) is 0 Å². The van der Waals surface area contributed by atoms with Crippen molar-refractivity contribution in [2.75, 3.05) is 40.3 Å². The second kappa shape index (κ2) is 6.72. The Hall–Kier alpha value is -0.120. The topological polar surface area (TPSA) is 18.5 Å². The maximum atomic E-state index is 3.68. The molecule has 0 bridgehead atoms. The third kappa shape index (κ3) is 4.94. The first-order valence-corrected chi connectivity index (χ1v) is 7.10. The first-order valence-electron chi connectivity index (χ1n) is 7.10. The molecule has 3 heteroatoms. The van der Waals surface area contributed by atoms with Crippen molar-refractivity contribution in [1.29, 1.82) is 0 Å². The number of nitrogens with one attached hydrogen (secondary N) is 1. The van der Waals surface area contributed by atoms with Crippen LogP contribution in [0.25, 0.3) is 0 Å². The molecule has 17 heavy (non-hydrogen) atoms. The molecule has 0 spiro atoms. The zero-order chi connectivity index (χ0) is 12.9. The second-order valence-electron chi connectivity index (χ2n) is 6.12. The molecular weight excluding hydrogens is 210 g/mol. The predicted octanol–water partition coefficient (Wildman–Crippen LogP) is 1.79. The van der Waals surface area contributed by atoms with Gasteiger partial charge in [-0.15, -0.1) is 0 Å². The molecule has 1 saturated heterocycles. The lowest BCUT2D eigenvalue weighted by Gasteiger charge is -2.45. The van der Waals surface area contributed by atoms with E-state index in [1.54, 1.807) is 0 Å². The number of hydrogen-bond acceptors (Lipinski definition) is 3. The molecule has 0 saturated carbocycles. The molecule has 0 radical (unpaired) electrons. The molecule has 2 atom stereocenters. The minimum absolute atomic E-state index is 0.327. The summed E-state index contributed by atoms with van der Waals surface area (Å²) in [4.78, 5) is 4.94. The maximum absolute atomic E-state index is 3.68. The van der Waals surface area contributed by atoms with E-state index in [0.717, 1.165) is 6.54 Å². The van der Waals surface area contributed by atoms with Gasteiger partial charge in [-0.1, -0.05) is 6.92 Å². The average Bonchev–Trinajstić information content (AvgIpc) is 2.29. The van der Waals surface area contributed by atoms with E-state index in [1.807, 2.05) is 0 Å². The van der Waals surface area contributed by atoms with E-state index < -0.39 is 0 Å². The highest BCUT2D eigenvalue weighted by molar-refractivity contribution is 4.92. The van der Waals surface area contributed by atoms with Crippen LogP contribution in [-0.2, 0) is 0 Å². The Morgan fingerprint density at radius 1 is 1.35 bits per heavy atom. The molecule has 0 amide bonds. The fourth-order valence-corrected chi connectivity index (χ4v) is 2.46. The number of unbranched alkanes of at least 4 members (excludes halogenated alkanes) is 1. The van der Waals surface area contributed by atoms with Gasteiger partial charge < -0.3 is 10.2 Å². The Labute approximate surface area is 108 Å². The molecule has 1 aliphatic rings. The summed E-state index contributed by atoms with van der Waals surface area (Å²) in [7, 11) is 4.31. The van der Waals surface area contributed by atoms with Crippen molar-refractivity contribution in [1.82, 2.24) is 15.1 Å². The van der Waals surface area contributed by atoms with E-state index in [1.165, 1.54) is 38.9 Å². The van der Waals surface area contributed by atoms with Crippen LogP contribution in [0.4, 0.5) is 0 Å². The largest absolute Gasteiger partial charge is 0.309 e. The Kier molecular flexibility index (Phi) is 5.90. The Morgan fingerprint density at radius 2 is 2.06 bits per heavy atom. The van der Waals surface area contributed by atoms with Gasteiger partial charge in [0.2, 0.25) is 0 Å². The molecule has 1 rings (SSSR count). The van der Waals surface area contributed by atoms with Crippen molar-refractivity contribution in [2.45, 2.75) is 51.6 Å². The lowest BCUT2D eigenvalue weighted by Crippen LogP contribution is -2.61. The van der Waals surface area contributed by atoms with Crippen LogP contribution in [0.5, 0.6) is 0 Å². The summed E-state index contributed by atoms with van der Waals surface area (Å²) < 4.78 is 0. The lowest BCUT2D eigenvalue weighted by molar-refractivity contribution is 0.0910. The van der Waals surface area contributed by atoms with Crippen LogP contribution in [0.15, 0.2) is 0 Å². The van der Waals surface area contributed by atoms with Gasteiger partial charge in [0.1, 0.15) is 0 Å². The van der Waals surface area contributed by atoms with Gasteiger partial charge in [0.25, 0.3) is 0 Å². The second-order valence-corrected chi connectivity index (χ2v) is 6.12. The monoisotopic (exact) mass is 241 g/mol. The first-order chi connectivity index (χ1) is 7.97. The normalized spacial score (nSPS) is 31.1. The van der Waals surface area contributed by atoms with Crippen LogP contribution >= 0.6 is 0 Å². The Bertz CT molecular complexity index is 218. The van der Waals surface area contributed by atoms with Gasteiger partial charge in [-0.3, -0.25) is 4.90 Å². The molecule has 0 aromatic rings. The maximum Gasteiger partial charge on any atom is 0.0278 e. The predicted molar refractivity (Wildman–Crippen MR) is 75.5 cm³/mol. The van der Waals surface area contributed by atoms with Gasteiger partial charge in [0.15, 0.2) is 0 Å². The molecule has 102 valence electrons. The zero-order valence-electron chi connectivity index (χ0n) is 12.4. The molecule has 1 heterocycles. The average molecular weight is 241 g/mol. The number of piperazine rings is 1. The minimum Gasteiger partial charge on any atom is -0.309 e. The molecule has 1 fully saturated rings. The van der Waals surface area contributed by atoms with Crippen molar-refractivity contribution in [3.63, 3.8) is 0 Å². The molecule has 0 aromatic heterocycles. The van der Waals surface area contributed by atoms with Gasteiger partial charge in [0, 0.05) is 24.7 Å². The minimum atomic E-state index is 0.327. The van der Waals surface area contributed by atoms with E-state index in [4.69, 9.17) is 0 Å². The molecule has 0 aromatic carbocycles. The van der Waals surface area contributed by atoms with Crippen LogP contribution < -0.4 is 5.32 Å². The quantitative estimate of drug-likeness (QED) is 0.715. The van der Waals surface area contributed by atoms with Gasteiger partial charge >= 0.3 is 0 Å². The van der Waals surface area contributed by atoms with E-state index in [2.05, 4.69) is 50.0 Å². The zero-order valence-corrected chi connectivity index (χ0v) is 12.4. The standard InChI is InChI=1S/C14H31N3/c1-6-14(3)12-17(13(2)11-15-14)10-8-7-9-16(4)5/h13,15H,6-12H2,1-5H3. The highest BCUT2D eigenvalue weighted by atomic mass is 15.2. The summed E-state index contributed by atoms with van der Waals surface area (Å²) in [6.07, 6.45) is 3.85. The third-order valence-electron chi connectivity index (χ3n) is 4.08. The number of nitrogens with zero attached hydrogens (tertiary/aromatic N) is 2. The lowest BCUT2D eigenvalue weighted by atomic mass is 9.93. The smallest absolute Gasteiger partial charge is 0.0278 e. The SMILES string of the molecule is CCC1(C)CN(CCCCN(C)C)C(C)CN1. The van der Waals surface area contributed by atoms with Gasteiger partial charge in [-0.25, -0.2) is 0 Å². The summed E-state index contributed by atoms with van der Waals surface area (Å²) >= 11 is 0. The van der Waals surface area contributed by atoms with E-state index in [0.29, 0.717) is 11.6 Å². The van der Waals surface area contributed by atoms with Crippen molar-refractivity contribution < 1.29 is 0 Å². The molecule has 1 N–H and O–H groups in total. The third-order valence-corrected chi connectivity index (χ3v) is 4.08. The van der Waals surface area contributed by atoms with E-state index in [9.17, 15) is 0 Å². The van der Waals surface area contributed by atoms with Gasteiger partial charge in [-0.2, -0.15) is 0 Å². The van der Waals surface area contributed by atoms with E-state index in [-0.39, 0.29) is 0 Å². The van der Waals surface area contributed by atoms with Crippen molar-refractivity contribution in [3.8, 4) is 0 Å². The Morgan fingerprint density at radius 3 is 2.65 bits per heavy atom. The summed E-state index contributed by atoms with van der Waals surface area (Å²) in [5, 5.41) is 3.68. The summed E-state index contributed by atoms with van der Waals surface area (Å²) in [5.74, 6) is 0. The summed E-state index contributed by atoms with van der Waals surface area (Å²) in [5.41, 5.74) is 0.327. The van der Waals surface area contributed by atoms with Crippen LogP contribution in [0.3, 0.4) is 0 Å². The van der Waals surface area contributed by atoms with Crippen molar-refractivity contribution in [3.05, 3.63) is 0 Å². The van der Waals surface area contributed by atoms with Crippen LogP contribution in [0.1, 0.15) is 40.0 Å². The van der Waals surface area contributed by atoms with E-state index >= 15 is 0 Å². The van der Waals surface area contributed by atoms with Crippen LogP contribution in [0, 0.1) is 0 Å². The summed E-state index contributed by atoms with van der Waals surface area (Å²) in [6, 6.07) is 0.689. The number of hydrogen-bond donors (Lipinski definition) is 1. The first kappa shape index (κ1) is 14.9. The van der Waals surface area contributed by atoms with Crippen molar-refractivity contribution >= 4 is 0 Å². The van der Waals surface area contributed by atoms with Gasteiger partial charge in [0.05, 0.1) is 0 Å². The highest BCUT2D eigenvalue weighted by Gasteiger charge is 2.31. The fraction of sp³-hybridized carbons (Fsp3) is 1.00. The van der Waals surface area contributed by atoms with Gasteiger partial charge in [-0.05, 0) is 60.3 Å². The molecule has 2 unspecified atom stereocenters. The molecular formula is C14H31N3. The summed E-state index contributed by atoms with van der Waals surface area (Å²) in [6.45, 7) is 11.8.